The van der Waals surface area contributed by atoms with Gasteiger partial charge in [-0.3, -0.25) is 0 Å². The van der Waals surface area contributed by atoms with Crippen LogP contribution in [0.15, 0.2) is 12.2 Å². The molecule has 0 spiro atoms. The minimum absolute atomic E-state index is 0.654. The first-order valence-electron chi connectivity index (χ1n) is 3.59. The van der Waals surface area contributed by atoms with Gasteiger partial charge in [-0.05, 0) is 33.7 Å². The lowest BCUT2D eigenvalue weighted by atomic mass is 10.2. The van der Waals surface area contributed by atoms with Gasteiger partial charge in [0, 0.05) is 6.04 Å². The minimum Gasteiger partial charge on any atom is -0.317 e. The first-order chi connectivity index (χ1) is 4.31. The lowest BCUT2D eigenvalue weighted by molar-refractivity contribution is 0.570. The molecular formula is C8H17N. The molecule has 9 heavy (non-hydrogen) atoms. The highest BCUT2D eigenvalue weighted by molar-refractivity contribution is 4.78. The van der Waals surface area contributed by atoms with Gasteiger partial charge in [0.25, 0.3) is 0 Å². The molecule has 0 aliphatic heterocycles. The van der Waals surface area contributed by atoms with Gasteiger partial charge < -0.3 is 5.32 Å². The summed E-state index contributed by atoms with van der Waals surface area (Å²) in [5, 5.41) is 3.19. The highest BCUT2D eigenvalue weighted by Crippen LogP contribution is 1.95. The molecule has 0 aromatic carbocycles. The van der Waals surface area contributed by atoms with Crippen LogP contribution in [0.3, 0.4) is 0 Å². The van der Waals surface area contributed by atoms with Crippen molar-refractivity contribution in [1.82, 2.24) is 5.32 Å². The molecule has 0 saturated carbocycles. The van der Waals surface area contributed by atoms with Crippen molar-refractivity contribution in [3.8, 4) is 0 Å². The van der Waals surface area contributed by atoms with Crippen LogP contribution in [0.25, 0.3) is 0 Å². The fourth-order valence-electron chi connectivity index (χ4n) is 0.657. The normalized spacial score (nSPS) is 14.6. The van der Waals surface area contributed by atoms with Crippen LogP contribution in [0.5, 0.6) is 0 Å². The lowest BCUT2D eigenvalue weighted by Gasteiger charge is -2.06. The topological polar surface area (TPSA) is 12.0 Å². The van der Waals surface area contributed by atoms with Crippen molar-refractivity contribution in [2.45, 2.75) is 32.7 Å². The Bertz CT molecular complexity index is 76.6. The molecule has 0 amide bonds. The molecule has 0 rings (SSSR count). The van der Waals surface area contributed by atoms with Gasteiger partial charge in [-0.1, -0.05) is 12.2 Å². The molecule has 0 aromatic rings. The van der Waals surface area contributed by atoms with Crippen molar-refractivity contribution in [2.24, 2.45) is 0 Å². The van der Waals surface area contributed by atoms with Crippen LogP contribution in [0, 0.1) is 0 Å². The summed E-state index contributed by atoms with van der Waals surface area (Å²) in [5.74, 6) is 0. The standard InChI is InChI=1S/C8H17N/c1-4-5-6-7-8(2)9-3/h4-5,8-9H,6-7H2,1-3H3/b5-4+. The van der Waals surface area contributed by atoms with Crippen molar-refractivity contribution < 1.29 is 0 Å². The average Bonchev–Trinajstić information content (AvgIpc) is 1.89. The van der Waals surface area contributed by atoms with Crippen molar-refractivity contribution in [3.05, 3.63) is 12.2 Å². The molecule has 0 saturated heterocycles. The molecule has 1 unspecified atom stereocenters. The third-order valence-corrected chi connectivity index (χ3v) is 1.49. The number of hydrogen-bond donors (Lipinski definition) is 1. The van der Waals surface area contributed by atoms with Crippen LogP contribution in [0.2, 0.25) is 0 Å². The Morgan fingerprint density at radius 3 is 2.67 bits per heavy atom. The van der Waals surface area contributed by atoms with Crippen LogP contribution in [0.1, 0.15) is 26.7 Å². The van der Waals surface area contributed by atoms with E-state index in [1.54, 1.807) is 0 Å². The number of rotatable bonds is 4. The molecule has 0 aliphatic rings. The summed E-state index contributed by atoms with van der Waals surface area (Å²) < 4.78 is 0. The predicted octanol–water partition coefficient (Wildman–Crippen LogP) is 1.95. The Hall–Kier alpha value is -0.300. The summed E-state index contributed by atoms with van der Waals surface area (Å²) in [6.45, 7) is 4.26. The van der Waals surface area contributed by atoms with E-state index in [-0.39, 0.29) is 0 Å². The predicted molar refractivity (Wildman–Crippen MR) is 42.6 cm³/mol. The second-order valence-electron chi connectivity index (χ2n) is 2.34. The minimum atomic E-state index is 0.654. The maximum Gasteiger partial charge on any atom is 0.00386 e. The van der Waals surface area contributed by atoms with Crippen LogP contribution < -0.4 is 5.32 Å². The first-order valence-corrected chi connectivity index (χ1v) is 3.59. The molecule has 0 bridgehead atoms. The molecule has 0 aromatic heterocycles. The van der Waals surface area contributed by atoms with E-state index in [4.69, 9.17) is 0 Å². The smallest absolute Gasteiger partial charge is 0.00386 e. The Balaban J connectivity index is 3.06. The van der Waals surface area contributed by atoms with Gasteiger partial charge in [-0.15, -0.1) is 0 Å². The van der Waals surface area contributed by atoms with Crippen molar-refractivity contribution >= 4 is 0 Å². The van der Waals surface area contributed by atoms with E-state index in [0.717, 1.165) is 0 Å². The number of allylic oxidation sites excluding steroid dienone is 2. The van der Waals surface area contributed by atoms with E-state index in [1.807, 2.05) is 7.05 Å². The Kier molecular flexibility index (Phi) is 5.64. The van der Waals surface area contributed by atoms with Gasteiger partial charge in [0.2, 0.25) is 0 Å². The molecule has 1 heteroatoms. The molecule has 54 valence electrons. The summed E-state index contributed by atoms with van der Waals surface area (Å²) in [6, 6.07) is 0.654. The monoisotopic (exact) mass is 127 g/mol. The lowest BCUT2D eigenvalue weighted by Crippen LogP contribution is -2.20. The Labute approximate surface area is 58.2 Å². The van der Waals surface area contributed by atoms with E-state index >= 15 is 0 Å². The van der Waals surface area contributed by atoms with E-state index in [1.165, 1.54) is 12.8 Å². The average molecular weight is 127 g/mol. The highest BCUT2D eigenvalue weighted by Gasteiger charge is 1.92. The van der Waals surface area contributed by atoms with E-state index in [2.05, 4.69) is 31.3 Å². The van der Waals surface area contributed by atoms with Crippen LogP contribution in [-0.4, -0.2) is 13.1 Å². The molecule has 1 nitrogen and oxygen atoms in total. The third kappa shape index (κ3) is 5.57. The largest absolute Gasteiger partial charge is 0.317 e. The van der Waals surface area contributed by atoms with Gasteiger partial charge in [0.15, 0.2) is 0 Å². The van der Waals surface area contributed by atoms with E-state index < -0.39 is 0 Å². The Morgan fingerprint density at radius 1 is 1.56 bits per heavy atom. The summed E-state index contributed by atoms with van der Waals surface area (Å²) in [4.78, 5) is 0. The zero-order valence-electron chi connectivity index (χ0n) is 6.65. The van der Waals surface area contributed by atoms with E-state index in [0.29, 0.717) is 6.04 Å². The molecule has 0 radical (unpaired) electrons. The number of nitrogens with one attached hydrogen (secondary N) is 1. The zero-order chi connectivity index (χ0) is 7.11. The first kappa shape index (κ1) is 8.70. The quantitative estimate of drug-likeness (QED) is 0.569. The second-order valence-corrected chi connectivity index (χ2v) is 2.34. The van der Waals surface area contributed by atoms with Crippen LogP contribution >= 0.6 is 0 Å². The second kappa shape index (κ2) is 5.83. The summed E-state index contributed by atoms with van der Waals surface area (Å²) in [7, 11) is 2.00. The maximum atomic E-state index is 3.19. The van der Waals surface area contributed by atoms with Crippen molar-refractivity contribution in [3.63, 3.8) is 0 Å². The van der Waals surface area contributed by atoms with Gasteiger partial charge in [-0.25, -0.2) is 0 Å². The highest BCUT2D eigenvalue weighted by atomic mass is 14.8. The van der Waals surface area contributed by atoms with E-state index in [9.17, 15) is 0 Å². The van der Waals surface area contributed by atoms with Crippen molar-refractivity contribution in [2.75, 3.05) is 7.05 Å². The molecule has 0 aliphatic carbocycles. The summed E-state index contributed by atoms with van der Waals surface area (Å²) in [6.07, 6.45) is 6.73. The van der Waals surface area contributed by atoms with Crippen LogP contribution in [0.4, 0.5) is 0 Å². The van der Waals surface area contributed by atoms with Gasteiger partial charge in [0.05, 0.1) is 0 Å². The molecule has 0 fully saturated rings. The molecule has 0 heterocycles. The van der Waals surface area contributed by atoms with Gasteiger partial charge in [-0.2, -0.15) is 0 Å². The Morgan fingerprint density at radius 2 is 2.22 bits per heavy atom. The van der Waals surface area contributed by atoms with Gasteiger partial charge >= 0.3 is 0 Å². The molecule has 1 N–H and O–H groups in total. The van der Waals surface area contributed by atoms with Crippen LogP contribution in [-0.2, 0) is 0 Å². The van der Waals surface area contributed by atoms with Gasteiger partial charge in [0.1, 0.15) is 0 Å². The fraction of sp³-hybridized carbons (Fsp3) is 0.750. The fourth-order valence-corrected chi connectivity index (χ4v) is 0.657. The summed E-state index contributed by atoms with van der Waals surface area (Å²) >= 11 is 0. The maximum absolute atomic E-state index is 3.19. The number of hydrogen-bond acceptors (Lipinski definition) is 1. The third-order valence-electron chi connectivity index (χ3n) is 1.49. The SMILES string of the molecule is C/C=C/CCC(C)NC. The molecule has 1 atom stereocenters. The zero-order valence-corrected chi connectivity index (χ0v) is 6.65. The molecular weight excluding hydrogens is 110 g/mol. The summed E-state index contributed by atoms with van der Waals surface area (Å²) in [5.41, 5.74) is 0. The van der Waals surface area contributed by atoms with Crippen molar-refractivity contribution in [1.29, 1.82) is 0 Å².